The summed E-state index contributed by atoms with van der Waals surface area (Å²) in [5, 5.41) is 14.2. The number of carbonyl (C=O) groups is 1. The summed E-state index contributed by atoms with van der Waals surface area (Å²) in [5.41, 5.74) is 2.07. The van der Waals surface area contributed by atoms with Gasteiger partial charge in [0.1, 0.15) is 5.58 Å². The Kier molecular flexibility index (Phi) is 4.53. The molecular formula is C22H18N2O4. The predicted molar refractivity (Wildman–Crippen MR) is 107 cm³/mol. The highest BCUT2D eigenvalue weighted by Gasteiger charge is 2.19. The molecule has 0 unspecified atom stereocenters. The Hall–Kier alpha value is -3.67. The summed E-state index contributed by atoms with van der Waals surface area (Å²) in [6.45, 7) is 0.173. The monoisotopic (exact) mass is 374 g/mol. The molecule has 0 aliphatic heterocycles. The summed E-state index contributed by atoms with van der Waals surface area (Å²) in [4.78, 5) is 25.1. The van der Waals surface area contributed by atoms with Crippen LogP contribution in [0.25, 0.3) is 21.7 Å². The number of carbonyl (C=O) groups excluding carboxylic acids is 1. The number of nitro benzene ring substituents is 1. The molecule has 6 heteroatoms. The van der Waals surface area contributed by atoms with Crippen LogP contribution in [0.3, 0.4) is 0 Å². The first-order valence-corrected chi connectivity index (χ1v) is 8.88. The molecule has 0 saturated heterocycles. The standard InChI is InChI=1S/C22H18N2O4/c1-23(13-16-7-3-5-9-19(16)24(26)27)21(25)12-17-14-28-20-11-10-15-6-2-4-8-18(15)22(17)20/h2-11,14H,12-13H2,1H3. The fraction of sp³-hybridized carbons (Fsp3) is 0.136. The molecule has 0 spiro atoms. The second kappa shape index (κ2) is 7.15. The van der Waals surface area contributed by atoms with Crippen molar-refractivity contribution in [1.82, 2.24) is 4.90 Å². The average Bonchev–Trinajstić information content (AvgIpc) is 3.11. The highest BCUT2D eigenvalue weighted by molar-refractivity contribution is 6.08. The Bertz CT molecular complexity index is 1200. The van der Waals surface area contributed by atoms with Crippen molar-refractivity contribution in [3.63, 3.8) is 0 Å². The van der Waals surface area contributed by atoms with Gasteiger partial charge in [-0.25, -0.2) is 0 Å². The van der Waals surface area contributed by atoms with E-state index >= 15 is 0 Å². The van der Waals surface area contributed by atoms with E-state index in [1.807, 2.05) is 36.4 Å². The minimum Gasteiger partial charge on any atom is -0.464 e. The number of nitro groups is 1. The maximum absolute atomic E-state index is 12.8. The maximum atomic E-state index is 12.8. The summed E-state index contributed by atoms with van der Waals surface area (Å²) >= 11 is 0. The zero-order valence-electron chi connectivity index (χ0n) is 15.3. The van der Waals surface area contributed by atoms with E-state index in [0.717, 1.165) is 27.3 Å². The van der Waals surface area contributed by atoms with Crippen molar-refractivity contribution in [2.75, 3.05) is 7.05 Å². The molecule has 0 radical (unpaired) electrons. The lowest BCUT2D eigenvalue weighted by atomic mass is 10.0. The van der Waals surface area contributed by atoms with Crippen LogP contribution in [-0.4, -0.2) is 22.8 Å². The SMILES string of the molecule is CN(Cc1ccccc1[N+](=O)[O-])C(=O)Cc1coc2ccc3ccccc3c12. The molecule has 0 aliphatic carbocycles. The summed E-state index contributed by atoms with van der Waals surface area (Å²) in [5.74, 6) is -0.131. The molecule has 1 aromatic heterocycles. The largest absolute Gasteiger partial charge is 0.464 e. The molecule has 140 valence electrons. The Morgan fingerprint density at radius 1 is 1.04 bits per heavy atom. The van der Waals surface area contributed by atoms with Gasteiger partial charge in [0, 0.05) is 29.6 Å². The first kappa shape index (κ1) is 17.7. The third kappa shape index (κ3) is 3.20. The Morgan fingerprint density at radius 2 is 1.79 bits per heavy atom. The number of fused-ring (bicyclic) bond motifs is 3. The van der Waals surface area contributed by atoms with Crippen molar-refractivity contribution in [3.8, 4) is 0 Å². The molecule has 28 heavy (non-hydrogen) atoms. The van der Waals surface area contributed by atoms with Crippen LogP contribution in [0.15, 0.2) is 71.3 Å². The number of rotatable bonds is 5. The molecule has 3 aromatic carbocycles. The second-order valence-corrected chi connectivity index (χ2v) is 6.73. The highest BCUT2D eigenvalue weighted by Crippen LogP contribution is 2.30. The normalized spacial score (nSPS) is 11.0. The molecule has 0 bridgehead atoms. The summed E-state index contributed by atoms with van der Waals surface area (Å²) in [6, 6.07) is 18.3. The van der Waals surface area contributed by atoms with E-state index in [1.165, 1.54) is 11.0 Å². The van der Waals surface area contributed by atoms with Gasteiger partial charge in [0.15, 0.2) is 0 Å². The van der Waals surface area contributed by atoms with Gasteiger partial charge in [0.25, 0.3) is 5.69 Å². The smallest absolute Gasteiger partial charge is 0.274 e. The average molecular weight is 374 g/mol. The zero-order chi connectivity index (χ0) is 19.7. The summed E-state index contributed by atoms with van der Waals surface area (Å²) in [7, 11) is 1.65. The highest BCUT2D eigenvalue weighted by atomic mass is 16.6. The van der Waals surface area contributed by atoms with Gasteiger partial charge in [-0.3, -0.25) is 14.9 Å². The molecular weight excluding hydrogens is 356 g/mol. The third-order valence-electron chi connectivity index (χ3n) is 4.90. The van der Waals surface area contributed by atoms with E-state index in [0.29, 0.717) is 5.56 Å². The first-order valence-electron chi connectivity index (χ1n) is 8.88. The van der Waals surface area contributed by atoms with E-state index < -0.39 is 4.92 Å². The van der Waals surface area contributed by atoms with Gasteiger partial charge in [0.05, 0.1) is 24.2 Å². The number of para-hydroxylation sites is 1. The van der Waals surface area contributed by atoms with Crippen LogP contribution in [0.2, 0.25) is 0 Å². The second-order valence-electron chi connectivity index (χ2n) is 6.73. The van der Waals surface area contributed by atoms with E-state index in [-0.39, 0.29) is 24.6 Å². The molecule has 0 atom stereocenters. The molecule has 0 N–H and O–H groups in total. The molecule has 1 amide bonds. The van der Waals surface area contributed by atoms with Gasteiger partial charge in [-0.2, -0.15) is 0 Å². The molecule has 0 fully saturated rings. The van der Waals surface area contributed by atoms with Gasteiger partial charge in [-0.05, 0) is 16.8 Å². The van der Waals surface area contributed by atoms with Crippen molar-refractivity contribution >= 4 is 33.3 Å². The lowest BCUT2D eigenvalue weighted by Gasteiger charge is -2.17. The number of benzene rings is 3. The fourth-order valence-electron chi connectivity index (χ4n) is 3.47. The van der Waals surface area contributed by atoms with Crippen molar-refractivity contribution in [3.05, 3.63) is 88.2 Å². The lowest BCUT2D eigenvalue weighted by molar-refractivity contribution is -0.385. The van der Waals surface area contributed by atoms with Gasteiger partial charge >= 0.3 is 0 Å². The van der Waals surface area contributed by atoms with Gasteiger partial charge < -0.3 is 9.32 Å². The number of likely N-dealkylation sites (N-methyl/N-ethyl adjacent to an activating group) is 1. The van der Waals surface area contributed by atoms with Crippen molar-refractivity contribution in [2.24, 2.45) is 0 Å². The number of hydrogen-bond acceptors (Lipinski definition) is 4. The van der Waals surface area contributed by atoms with Gasteiger partial charge in [0.2, 0.25) is 5.91 Å². The van der Waals surface area contributed by atoms with Crippen LogP contribution in [-0.2, 0) is 17.8 Å². The Labute approximate surface area is 161 Å². The molecule has 4 rings (SSSR count). The lowest BCUT2D eigenvalue weighted by Crippen LogP contribution is -2.28. The molecule has 1 heterocycles. The number of nitrogens with zero attached hydrogens (tertiary/aromatic N) is 2. The summed E-state index contributed by atoms with van der Waals surface area (Å²) < 4.78 is 5.65. The van der Waals surface area contributed by atoms with Crippen molar-refractivity contribution in [1.29, 1.82) is 0 Å². The first-order chi connectivity index (χ1) is 13.5. The van der Waals surface area contributed by atoms with Gasteiger partial charge in [-0.1, -0.05) is 48.5 Å². The molecule has 0 aliphatic rings. The number of furan rings is 1. The van der Waals surface area contributed by atoms with Crippen LogP contribution < -0.4 is 0 Å². The Morgan fingerprint density at radius 3 is 2.61 bits per heavy atom. The van der Waals surface area contributed by atoms with Crippen LogP contribution in [0.4, 0.5) is 5.69 Å². The minimum atomic E-state index is -0.427. The summed E-state index contributed by atoms with van der Waals surface area (Å²) in [6.07, 6.45) is 1.78. The predicted octanol–water partition coefficient (Wildman–Crippen LogP) is 4.70. The molecule has 4 aromatic rings. The zero-order valence-corrected chi connectivity index (χ0v) is 15.3. The molecule has 6 nitrogen and oxygen atoms in total. The van der Waals surface area contributed by atoms with Crippen LogP contribution >= 0.6 is 0 Å². The van der Waals surface area contributed by atoms with E-state index in [1.54, 1.807) is 31.5 Å². The van der Waals surface area contributed by atoms with Gasteiger partial charge in [-0.15, -0.1) is 0 Å². The third-order valence-corrected chi connectivity index (χ3v) is 4.90. The van der Waals surface area contributed by atoms with Crippen LogP contribution in [0.5, 0.6) is 0 Å². The van der Waals surface area contributed by atoms with Crippen molar-refractivity contribution < 1.29 is 14.1 Å². The van der Waals surface area contributed by atoms with E-state index in [4.69, 9.17) is 4.42 Å². The topological polar surface area (TPSA) is 76.6 Å². The maximum Gasteiger partial charge on any atom is 0.274 e. The van der Waals surface area contributed by atoms with Crippen LogP contribution in [0, 0.1) is 10.1 Å². The van der Waals surface area contributed by atoms with E-state index in [9.17, 15) is 14.9 Å². The fourth-order valence-corrected chi connectivity index (χ4v) is 3.47. The number of hydrogen-bond donors (Lipinski definition) is 0. The Balaban J connectivity index is 1.60. The molecule has 0 saturated carbocycles. The minimum absolute atomic E-state index is 0.0157. The number of amides is 1. The van der Waals surface area contributed by atoms with E-state index in [2.05, 4.69) is 0 Å². The quantitative estimate of drug-likeness (QED) is 0.375. The van der Waals surface area contributed by atoms with Crippen LogP contribution in [0.1, 0.15) is 11.1 Å². The van der Waals surface area contributed by atoms with Crippen molar-refractivity contribution in [2.45, 2.75) is 13.0 Å².